The lowest BCUT2D eigenvalue weighted by Gasteiger charge is -2.11. The average Bonchev–Trinajstić information content (AvgIpc) is 3.08. The van der Waals surface area contributed by atoms with Crippen LogP contribution in [0.2, 0.25) is 0 Å². The Kier molecular flexibility index (Phi) is 3.19. The second-order valence-corrected chi connectivity index (χ2v) is 5.63. The number of imide groups is 1. The number of hydrogen-bond donors (Lipinski definition) is 3. The second kappa shape index (κ2) is 5.28. The molecule has 1 aliphatic rings. The normalized spacial score (nSPS) is 13.3. The first-order chi connectivity index (χ1) is 12.0. The molecule has 2 amide bonds. The predicted octanol–water partition coefficient (Wildman–Crippen LogP) is -0.355. The van der Waals surface area contributed by atoms with Crippen molar-refractivity contribution in [3.63, 3.8) is 0 Å². The van der Waals surface area contributed by atoms with Crippen LogP contribution in [0.4, 0.5) is 5.82 Å². The molecule has 2 aromatic heterocycles. The van der Waals surface area contributed by atoms with Crippen LogP contribution in [0, 0.1) is 0 Å². The molecule has 3 heterocycles. The summed E-state index contributed by atoms with van der Waals surface area (Å²) in [5, 5.41) is 16.2. The van der Waals surface area contributed by atoms with E-state index in [1.807, 2.05) is 0 Å². The maximum absolute atomic E-state index is 12.4. The number of benzene rings is 1. The highest BCUT2D eigenvalue weighted by atomic mass is 16.3. The number of nitrogens with two attached hydrogens (primary N) is 1. The molecule has 3 aromatic rings. The van der Waals surface area contributed by atoms with Gasteiger partial charge in [-0.1, -0.05) is 0 Å². The molecule has 9 nitrogen and oxygen atoms in total. The molecule has 1 aliphatic heterocycles. The molecule has 0 saturated heterocycles. The zero-order valence-corrected chi connectivity index (χ0v) is 12.9. The topological polar surface area (TPSA) is 132 Å². The third-order valence-electron chi connectivity index (χ3n) is 4.08. The van der Waals surface area contributed by atoms with Crippen LogP contribution in [0.25, 0.3) is 16.6 Å². The van der Waals surface area contributed by atoms with Crippen LogP contribution in [-0.2, 0) is 6.54 Å². The minimum absolute atomic E-state index is 0.000623. The van der Waals surface area contributed by atoms with E-state index in [0.717, 1.165) is 11.5 Å². The number of anilines is 1. The summed E-state index contributed by atoms with van der Waals surface area (Å²) in [7, 11) is 0. The van der Waals surface area contributed by atoms with Gasteiger partial charge in [-0.3, -0.25) is 28.9 Å². The van der Waals surface area contributed by atoms with Crippen molar-refractivity contribution in [3.05, 3.63) is 51.9 Å². The molecule has 126 valence electrons. The Hall–Kier alpha value is -3.46. The molecule has 25 heavy (non-hydrogen) atoms. The second-order valence-electron chi connectivity index (χ2n) is 5.63. The van der Waals surface area contributed by atoms with E-state index in [4.69, 9.17) is 10.8 Å². The molecule has 4 N–H and O–H groups in total. The average molecular weight is 339 g/mol. The molecule has 4 rings (SSSR count). The van der Waals surface area contributed by atoms with Gasteiger partial charge in [0.2, 0.25) is 0 Å². The van der Waals surface area contributed by atoms with E-state index in [1.165, 1.54) is 4.57 Å². The zero-order chi connectivity index (χ0) is 17.7. The minimum Gasteiger partial charge on any atom is -0.394 e. The van der Waals surface area contributed by atoms with Crippen molar-refractivity contribution in [1.82, 2.24) is 19.7 Å². The lowest BCUT2D eigenvalue weighted by Crippen LogP contribution is -2.24. The Morgan fingerprint density at radius 2 is 1.96 bits per heavy atom. The fourth-order valence-corrected chi connectivity index (χ4v) is 2.97. The number of nitrogen functional groups attached to an aromatic ring is 1. The monoisotopic (exact) mass is 339 g/mol. The Morgan fingerprint density at radius 3 is 2.72 bits per heavy atom. The SMILES string of the molecule is Nc1c2c(cc(=O)n1-c1ccc3nn(CCO)cc3c1)C(=O)NC2=O. The Morgan fingerprint density at radius 1 is 1.16 bits per heavy atom. The van der Waals surface area contributed by atoms with Crippen molar-refractivity contribution in [3.8, 4) is 5.69 Å². The van der Waals surface area contributed by atoms with E-state index in [2.05, 4.69) is 10.4 Å². The molecule has 0 spiro atoms. The first-order valence-electron chi connectivity index (χ1n) is 7.49. The lowest BCUT2D eigenvalue weighted by atomic mass is 10.1. The van der Waals surface area contributed by atoms with Crippen molar-refractivity contribution >= 4 is 28.5 Å². The lowest BCUT2D eigenvalue weighted by molar-refractivity contribution is 0.0880. The van der Waals surface area contributed by atoms with Gasteiger partial charge in [0, 0.05) is 17.6 Å². The van der Waals surface area contributed by atoms with E-state index >= 15 is 0 Å². The molecule has 9 heteroatoms. The van der Waals surface area contributed by atoms with Crippen LogP contribution in [0.5, 0.6) is 0 Å². The van der Waals surface area contributed by atoms with Crippen LogP contribution >= 0.6 is 0 Å². The number of carbonyl (C=O) groups excluding carboxylic acids is 2. The van der Waals surface area contributed by atoms with Crippen LogP contribution in [0.15, 0.2) is 35.3 Å². The van der Waals surface area contributed by atoms with Crippen molar-refractivity contribution in [2.24, 2.45) is 0 Å². The fourth-order valence-electron chi connectivity index (χ4n) is 2.97. The molecule has 0 saturated carbocycles. The maximum Gasteiger partial charge on any atom is 0.262 e. The largest absolute Gasteiger partial charge is 0.394 e. The number of nitrogens with zero attached hydrogens (tertiary/aromatic N) is 3. The first kappa shape index (κ1) is 15.1. The molecular weight excluding hydrogens is 326 g/mol. The third kappa shape index (κ3) is 2.21. The number of carbonyl (C=O) groups is 2. The van der Waals surface area contributed by atoms with E-state index in [-0.39, 0.29) is 23.6 Å². The Bertz CT molecular complexity index is 1110. The standard InChI is InChI=1S/C16H13N5O4/c17-14-13-10(15(24)18-16(13)25)6-12(23)21(14)9-1-2-11-8(5-9)7-20(19-11)3-4-22/h1-2,5-7,22H,3-4,17H2,(H,18,24,25). The van der Waals surface area contributed by atoms with Gasteiger partial charge >= 0.3 is 0 Å². The summed E-state index contributed by atoms with van der Waals surface area (Å²) < 4.78 is 2.77. The number of fused-ring (bicyclic) bond motifs is 2. The van der Waals surface area contributed by atoms with Gasteiger partial charge in [0.05, 0.1) is 35.5 Å². The summed E-state index contributed by atoms with van der Waals surface area (Å²) in [5.41, 5.74) is 6.63. The summed E-state index contributed by atoms with van der Waals surface area (Å²) >= 11 is 0. The van der Waals surface area contributed by atoms with Crippen molar-refractivity contribution in [1.29, 1.82) is 0 Å². The van der Waals surface area contributed by atoms with Crippen molar-refractivity contribution < 1.29 is 14.7 Å². The summed E-state index contributed by atoms with van der Waals surface area (Å²) in [4.78, 5) is 36.0. The van der Waals surface area contributed by atoms with Gasteiger partial charge < -0.3 is 10.8 Å². The van der Waals surface area contributed by atoms with E-state index in [1.54, 1.807) is 29.1 Å². The van der Waals surface area contributed by atoms with Gasteiger partial charge in [0.1, 0.15) is 5.82 Å². The number of rotatable bonds is 3. The molecular formula is C16H13N5O4. The maximum atomic E-state index is 12.4. The summed E-state index contributed by atoms with van der Waals surface area (Å²) in [6.45, 7) is 0.314. The number of aliphatic hydroxyl groups excluding tert-OH is 1. The number of pyridine rings is 1. The van der Waals surface area contributed by atoms with Crippen LogP contribution < -0.4 is 16.6 Å². The van der Waals surface area contributed by atoms with Crippen molar-refractivity contribution in [2.45, 2.75) is 6.54 Å². The molecule has 1 aromatic carbocycles. The van der Waals surface area contributed by atoms with Gasteiger partial charge in [-0.15, -0.1) is 0 Å². The number of aromatic nitrogens is 3. The van der Waals surface area contributed by atoms with Gasteiger partial charge in [-0.2, -0.15) is 5.10 Å². The van der Waals surface area contributed by atoms with Crippen LogP contribution in [0.3, 0.4) is 0 Å². The van der Waals surface area contributed by atoms with Gasteiger partial charge in [0.25, 0.3) is 17.4 Å². The summed E-state index contributed by atoms with van der Waals surface area (Å²) in [6, 6.07) is 6.17. The summed E-state index contributed by atoms with van der Waals surface area (Å²) in [5.74, 6) is -1.34. The van der Waals surface area contributed by atoms with Crippen molar-refractivity contribution in [2.75, 3.05) is 12.3 Å². The molecule has 0 unspecified atom stereocenters. The minimum atomic E-state index is -0.628. The van der Waals surface area contributed by atoms with Crippen LogP contribution in [-0.4, -0.2) is 37.9 Å². The van der Waals surface area contributed by atoms with Crippen LogP contribution in [0.1, 0.15) is 20.7 Å². The predicted molar refractivity (Wildman–Crippen MR) is 88.6 cm³/mol. The zero-order valence-electron chi connectivity index (χ0n) is 12.9. The molecule has 0 bridgehead atoms. The number of hydrogen-bond acceptors (Lipinski definition) is 6. The number of nitrogens with one attached hydrogen (secondary N) is 1. The smallest absolute Gasteiger partial charge is 0.262 e. The molecule has 0 atom stereocenters. The number of amides is 2. The highest BCUT2D eigenvalue weighted by Gasteiger charge is 2.31. The number of aliphatic hydroxyl groups is 1. The van der Waals surface area contributed by atoms with E-state index in [0.29, 0.717) is 17.7 Å². The van der Waals surface area contributed by atoms with E-state index in [9.17, 15) is 14.4 Å². The summed E-state index contributed by atoms with van der Waals surface area (Å²) in [6.07, 6.45) is 1.74. The van der Waals surface area contributed by atoms with E-state index < -0.39 is 17.4 Å². The Labute approximate surface area is 140 Å². The highest BCUT2D eigenvalue weighted by molar-refractivity contribution is 6.23. The van der Waals surface area contributed by atoms with Gasteiger partial charge in [0.15, 0.2) is 0 Å². The third-order valence-corrected chi connectivity index (χ3v) is 4.08. The fraction of sp³-hybridized carbons (Fsp3) is 0.125. The molecule has 0 aliphatic carbocycles. The molecule has 0 fully saturated rings. The van der Waals surface area contributed by atoms with Gasteiger partial charge in [-0.05, 0) is 18.2 Å². The first-order valence-corrected chi connectivity index (χ1v) is 7.49. The van der Waals surface area contributed by atoms with Gasteiger partial charge in [-0.25, -0.2) is 0 Å². The molecule has 0 radical (unpaired) electrons. The quantitative estimate of drug-likeness (QED) is 0.559. The Balaban J connectivity index is 1.92. The highest BCUT2D eigenvalue weighted by Crippen LogP contribution is 2.24.